The van der Waals surface area contributed by atoms with Crippen molar-refractivity contribution in [1.29, 1.82) is 0 Å². The van der Waals surface area contributed by atoms with E-state index in [0.29, 0.717) is 0 Å². The maximum Gasteiger partial charge on any atom is 0 e. The Bertz CT molecular complexity index is 8.00. The molecule has 0 bridgehead atoms. The summed E-state index contributed by atoms with van der Waals surface area (Å²) in [6, 6.07) is 0. The summed E-state index contributed by atoms with van der Waals surface area (Å²) in [5.74, 6) is 0. The zero-order valence-electron chi connectivity index (χ0n) is 1.49. The van der Waals surface area contributed by atoms with Gasteiger partial charge < -0.3 is 0 Å². The van der Waals surface area contributed by atoms with Gasteiger partial charge in [0.15, 0.2) is 0 Å². The van der Waals surface area contributed by atoms with Crippen molar-refractivity contribution < 1.29 is 42.8 Å². The van der Waals surface area contributed by atoms with E-state index in [2.05, 4.69) is 0 Å². The van der Waals surface area contributed by atoms with Gasteiger partial charge in [0.05, 0.1) is 0 Å². The molecule has 0 saturated heterocycles. The molecule has 0 aromatic rings. The zero-order valence-corrected chi connectivity index (χ0v) is 5.98. The van der Waals surface area contributed by atoms with Crippen molar-refractivity contribution >= 4 is 8.41 Å². The van der Waals surface area contributed by atoms with Crippen LogP contribution in [0.15, 0.2) is 0 Å². The van der Waals surface area contributed by atoms with Crippen molar-refractivity contribution in [3.8, 4) is 0 Å². The summed E-state index contributed by atoms with van der Waals surface area (Å²) < 4.78 is 0. The molecule has 3 heteroatoms. The Morgan fingerprint density at radius 3 is 1.00 bits per heavy atom. The normalized spacial score (nSPS) is 0. The molecule has 0 unspecified atom stereocenters. The fourth-order valence-electron chi connectivity index (χ4n) is 0. The van der Waals surface area contributed by atoms with Crippen molar-refractivity contribution in [3.05, 3.63) is 0 Å². The second-order valence-corrected chi connectivity index (χ2v) is 0. The quantitative estimate of drug-likeness (QED) is 0.547. The van der Waals surface area contributed by atoms with E-state index in [4.69, 9.17) is 0 Å². The molecule has 0 heterocycles. The predicted octanol–water partition coefficient (Wildman–Crippen LogP) is 0.250. The van der Waals surface area contributed by atoms with Gasteiger partial charge in [-0.15, -0.1) is 0 Å². The summed E-state index contributed by atoms with van der Waals surface area (Å²) in [6.07, 6.45) is 0. The van der Waals surface area contributed by atoms with E-state index in [1.807, 2.05) is 0 Å². The third kappa shape index (κ3) is 9.80. The summed E-state index contributed by atoms with van der Waals surface area (Å²) in [7, 11) is 0. The fraction of sp³-hybridized carbons (Fsp3) is 1.00. The van der Waals surface area contributed by atoms with Crippen LogP contribution in [0.3, 0.4) is 0 Å². The first kappa shape index (κ1) is 50.7. The largest absolute Gasteiger partial charge is 0.0776 e. The summed E-state index contributed by atoms with van der Waals surface area (Å²) in [5.41, 5.74) is 0. The van der Waals surface area contributed by atoms with Crippen LogP contribution in [0.25, 0.3) is 0 Å². The Morgan fingerprint density at radius 2 is 1.00 bits per heavy atom. The minimum Gasteiger partial charge on any atom is -0.0776 e. The van der Waals surface area contributed by atoms with E-state index in [9.17, 15) is 0 Å². The fourth-order valence-corrected chi connectivity index (χ4v) is 0. The van der Waals surface area contributed by atoms with Crippen LogP contribution in [-0.2, 0) is 42.8 Å². The van der Waals surface area contributed by atoms with Gasteiger partial charge in [-0.25, -0.2) is 0 Å². The summed E-state index contributed by atoms with van der Waals surface area (Å²) >= 11 is 0. The van der Waals surface area contributed by atoms with Crippen molar-refractivity contribution in [2.45, 2.75) is 7.43 Å². The summed E-state index contributed by atoms with van der Waals surface area (Å²) in [5, 5.41) is 0. The molecular formula is CH4BTiW. The molecule has 0 nitrogen and oxygen atoms in total. The van der Waals surface area contributed by atoms with Gasteiger partial charge in [-0.2, -0.15) is 0 Å². The predicted molar refractivity (Wildman–Crippen MR) is 12.5 cm³/mol. The van der Waals surface area contributed by atoms with Crippen molar-refractivity contribution in [3.63, 3.8) is 0 Å². The molecule has 0 saturated carbocycles. The van der Waals surface area contributed by atoms with E-state index in [1.165, 1.54) is 0 Å². The SMILES string of the molecule is C.[B].[Ti].[W]. The van der Waals surface area contributed by atoms with E-state index in [0.717, 1.165) is 0 Å². The van der Waals surface area contributed by atoms with Crippen LogP contribution in [0.4, 0.5) is 0 Å². The standard InChI is InChI=1S/CH4.B.Ti.W/h1H4;;;. The third-order valence-electron chi connectivity index (χ3n) is 0. The first-order chi connectivity index (χ1) is 0. The molecule has 3 radical (unpaired) electrons. The molecule has 0 aliphatic heterocycles. The van der Waals surface area contributed by atoms with Gasteiger partial charge in [-0.05, 0) is 0 Å². The minimum atomic E-state index is 0. The average Bonchev–Trinajstić information content (AvgIpc) is 0. The van der Waals surface area contributed by atoms with Crippen molar-refractivity contribution in [2.24, 2.45) is 0 Å². The second-order valence-electron chi connectivity index (χ2n) is 0. The Labute approximate surface area is 58.5 Å². The molecular weight excluding hydrogens is 255 g/mol. The Balaban J connectivity index is 0. The van der Waals surface area contributed by atoms with Gasteiger partial charge >= 0.3 is 0 Å². The van der Waals surface area contributed by atoms with Crippen LogP contribution in [0.2, 0.25) is 0 Å². The van der Waals surface area contributed by atoms with Gasteiger partial charge in [0.2, 0.25) is 0 Å². The molecule has 0 aliphatic rings. The number of rotatable bonds is 0. The molecule has 0 aromatic heterocycles. The molecule has 0 aromatic carbocycles. The Kier molecular flexibility index (Phi) is 316. The van der Waals surface area contributed by atoms with Gasteiger partial charge in [-0.1, -0.05) is 7.43 Å². The maximum absolute atomic E-state index is 0. The molecule has 4 heavy (non-hydrogen) atoms. The Hall–Kier alpha value is 1.47. The molecule has 0 aliphatic carbocycles. The van der Waals surface area contributed by atoms with Crippen LogP contribution in [-0.4, -0.2) is 8.41 Å². The van der Waals surface area contributed by atoms with Crippen LogP contribution < -0.4 is 0 Å². The monoisotopic (exact) mass is 259 g/mol. The zero-order chi connectivity index (χ0) is 0. The first-order valence-corrected chi connectivity index (χ1v) is 0. The minimum absolute atomic E-state index is 0. The van der Waals surface area contributed by atoms with Gasteiger partial charge in [-0.3, -0.25) is 0 Å². The van der Waals surface area contributed by atoms with Gasteiger partial charge in [0.25, 0.3) is 0 Å². The third-order valence-corrected chi connectivity index (χ3v) is 0. The smallest absolute Gasteiger partial charge is 0 e. The summed E-state index contributed by atoms with van der Waals surface area (Å²) in [6.45, 7) is 0. The Morgan fingerprint density at radius 1 is 1.00 bits per heavy atom. The van der Waals surface area contributed by atoms with E-state index >= 15 is 0 Å². The molecule has 0 spiro atoms. The van der Waals surface area contributed by atoms with E-state index < -0.39 is 0 Å². The molecule has 0 fully saturated rings. The van der Waals surface area contributed by atoms with E-state index in [-0.39, 0.29) is 58.6 Å². The topological polar surface area (TPSA) is 0 Å². The van der Waals surface area contributed by atoms with Crippen LogP contribution in [0.5, 0.6) is 0 Å². The van der Waals surface area contributed by atoms with Gasteiger partial charge in [0.1, 0.15) is 0 Å². The van der Waals surface area contributed by atoms with Gasteiger partial charge in [0, 0.05) is 51.2 Å². The molecule has 21 valence electrons. The maximum atomic E-state index is 0. The van der Waals surface area contributed by atoms with Crippen LogP contribution in [0.1, 0.15) is 7.43 Å². The van der Waals surface area contributed by atoms with Crippen LogP contribution >= 0.6 is 0 Å². The second kappa shape index (κ2) is 24.9. The average molecular weight is 259 g/mol. The first-order valence-electron chi connectivity index (χ1n) is 0. The molecule has 0 amide bonds. The van der Waals surface area contributed by atoms with Crippen LogP contribution in [0, 0.1) is 0 Å². The van der Waals surface area contributed by atoms with Crippen molar-refractivity contribution in [1.82, 2.24) is 0 Å². The van der Waals surface area contributed by atoms with Crippen molar-refractivity contribution in [2.75, 3.05) is 0 Å². The number of hydrogen-bond acceptors (Lipinski definition) is 0. The number of hydrogen-bond donors (Lipinski definition) is 0. The molecule has 0 N–H and O–H groups in total. The summed E-state index contributed by atoms with van der Waals surface area (Å²) in [4.78, 5) is 0. The molecule has 0 rings (SSSR count). The van der Waals surface area contributed by atoms with E-state index in [1.54, 1.807) is 0 Å². The molecule has 0 atom stereocenters.